The predicted octanol–water partition coefficient (Wildman–Crippen LogP) is 2.04. The Morgan fingerprint density at radius 3 is 3.21 bits per heavy atom. The van der Waals surface area contributed by atoms with E-state index >= 15 is 0 Å². The van der Waals surface area contributed by atoms with E-state index in [4.69, 9.17) is 0 Å². The molecular formula is C14H19N5. The molecule has 0 fully saturated rings. The average molecular weight is 257 g/mol. The van der Waals surface area contributed by atoms with E-state index in [2.05, 4.69) is 27.3 Å². The highest BCUT2D eigenvalue weighted by atomic mass is 15.3. The summed E-state index contributed by atoms with van der Waals surface area (Å²) < 4.78 is 1.96. The Balaban J connectivity index is 1.92. The first kappa shape index (κ1) is 12.3. The molecule has 2 aromatic heterocycles. The summed E-state index contributed by atoms with van der Waals surface area (Å²) in [6.07, 6.45) is 9.94. The van der Waals surface area contributed by atoms with Gasteiger partial charge in [-0.15, -0.1) is 0 Å². The second-order valence-corrected chi connectivity index (χ2v) is 4.92. The van der Waals surface area contributed by atoms with Gasteiger partial charge in [0.15, 0.2) is 5.82 Å². The molecule has 19 heavy (non-hydrogen) atoms. The van der Waals surface area contributed by atoms with E-state index in [1.807, 2.05) is 16.9 Å². The molecule has 0 saturated heterocycles. The van der Waals surface area contributed by atoms with Crippen LogP contribution < -0.4 is 5.32 Å². The molecule has 0 aliphatic heterocycles. The van der Waals surface area contributed by atoms with Crippen molar-refractivity contribution in [3.8, 4) is 5.82 Å². The third kappa shape index (κ3) is 2.38. The lowest BCUT2D eigenvalue weighted by molar-refractivity contribution is 0.456. The summed E-state index contributed by atoms with van der Waals surface area (Å²) in [7, 11) is 0. The van der Waals surface area contributed by atoms with Gasteiger partial charge in [-0.1, -0.05) is 6.92 Å². The van der Waals surface area contributed by atoms with E-state index in [0.717, 1.165) is 25.2 Å². The quantitative estimate of drug-likeness (QED) is 0.910. The molecule has 0 saturated carbocycles. The molecule has 0 amide bonds. The zero-order chi connectivity index (χ0) is 13.1. The molecule has 1 atom stereocenters. The van der Waals surface area contributed by atoms with Crippen LogP contribution in [0.15, 0.2) is 24.8 Å². The number of fused-ring (bicyclic) bond motifs is 1. The molecule has 3 rings (SSSR count). The topological polar surface area (TPSA) is 55.6 Å². The third-order valence-electron chi connectivity index (χ3n) is 3.61. The highest BCUT2D eigenvalue weighted by Gasteiger charge is 2.24. The van der Waals surface area contributed by atoms with Crippen LogP contribution in [-0.2, 0) is 6.42 Å². The summed E-state index contributed by atoms with van der Waals surface area (Å²) in [5.74, 6) is 0.854. The summed E-state index contributed by atoms with van der Waals surface area (Å²) in [4.78, 5) is 8.24. The fraction of sp³-hybridized carbons (Fsp3) is 0.500. The maximum atomic E-state index is 4.51. The highest BCUT2D eigenvalue weighted by molar-refractivity contribution is 5.31. The fourth-order valence-electron chi connectivity index (χ4n) is 2.69. The van der Waals surface area contributed by atoms with Gasteiger partial charge in [0.1, 0.15) is 6.33 Å². The molecule has 1 N–H and O–H groups in total. The van der Waals surface area contributed by atoms with Crippen LogP contribution in [0.1, 0.15) is 43.5 Å². The summed E-state index contributed by atoms with van der Waals surface area (Å²) >= 11 is 0. The largest absolute Gasteiger partial charge is 0.310 e. The van der Waals surface area contributed by atoms with Crippen molar-refractivity contribution < 1.29 is 0 Å². The SMILES string of the molecule is CCCNC1CCCc2c1cnn2-c1ccncn1. The number of rotatable bonds is 4. The first-order chi connectivity index (χ1) is 9.40. The molecular weight excluding hydrogens is 238 g/mol. The van der Waals surface area contributed by atoms with Crippen molar-refractivity contribution in [1.29, 1.82) is 0 Å². The summed E-state index contributed by atoms with van der Waals surface area (Å²) in [5.41, 5.74) is 2.62. The molecule has 1 unspecified atom stereocenters. The van der Waals surface area contributed by atoms with Crippen LogP contribution in [0.5, 0.6) is 0 Å². The molecule has 5 nitrogen and oxygen atoms in total. The van der Waals surface area contributed by atoms with E-state index in [9.17, 15) is 0 Å². The molecule has 100 valence electrons. The van der Waals surface area contributed by atoms with Crippen LogP contribution >= 0.6 is 0 Å². The van der Waals surface area contributed by atoms with E-state index in [1.54, 1.807) is 12.5 Å². The van der Waals surface area contributed by atoms with Gasteiger partial charge in [-0.3, -0.25) is 0 Å². The number of hydrogen-bond donors (Lipinski definition) is 1. The Bertz CT molecular complexity index is 534. The van der Waals surface area contributed by atoms with Gasteiger partial charge in [0.2, 0.25) is 0 Å². The molecule has 0 bridgehead atoms. The minimum atomic E-state index is 0.444. The van der Waals surface area contributed by atoms with E-state index in [0.29, 0.717) is 6.04 Å². The van der Waals surface area contributed by atoms with Crippen molar-refractivity contribution in [2.45, 2.75) is 38.6 Å². The first-order valence-corrected chi connectivity index (χ1v) is 6.96. The van der Waals surface area contributed by atoms with Crippen molar-refractivity contribution in [2.24, 2.45) is 0 Å². The van der Waals surface area contributed by atoms with Gasteiger partial charge in [0, 0.05) is 23.9 Å². The summed E-state index contributed by atoms with van der Waals surface area (Å²) in [6, 6.07) is 2.34. The van der Waals surface area contributed by atoms with E-state index in [1.165, 1.54) is 24.1 Å². The molecule has 2 aromatic rings. The molecule has 5 heteroatoms. The van der Waals surface area contributed by atoms with E-state index < -0.39 is 0 Å². The normalized spacial score (nSPS) is 18.3. The third-order valence-corrected chi connectivity index (χ3v) is 3.61. The Morgan fingerprint density at radius 1 is 1.47 bits per heavy atom. The van der Waals surface area contributed by atoms with Gasteiger partial charge in [-0.05, 0) is 32.2 Å². The van der Waals surface area contributed by atoms with Crippen molar-refractivity contribution in [2.75, 3.05) is 6.54 Å². The van der Waals surface area contributed by atoms with Crippen LogP contribution in [0.4, 0.5) is 0 Å². The van der Waals surface area contributed by atoms with Crippen LogP contribution in [-0.4, -0.2) is 26.3 Å². The average Bonchev–Trinajstić information content (AvgIpc) is 2.90. The minimum absolute atomic E-state index is 0.444. The summed E-state index contributed by atoms with van der Waals surface area (Å²) in [5, 5.41) is 8.12. The number of nitrogens with one attached hydrogen (secondary N) is 1. The monoisotopic (exact) mass is 257 g/mol. The van der Waals surface area contributed by atoms with Gasteiger partial charge in [0.25, 0.3) is 0 Å². The molecule has 0 radical (unpaired) electrons. The Labute approximate surface area is 113 Å². The standard InChI is InChI=1S/C14H19N5/c1-2-7-16-12-4-3-5-13-11(12)9-18-19(13)14-6-8-15-10-17-14/h6,8-10,12,16H,2-5,7H2,1H3. The van der Waals surface area contributed by atoms with Crippen LogP contribution in [0.25, 0.3) is 5.82 Å². The first-order valence-electron chi connectivity index (χ1n) is 6.96. The maximum absolute atomic E-state index is 4.51. The van der Waals surface area contributed by atoms with E-state index in [-0.39, 0.29) is 0 Å². The molecule has 0 aromatic carbocycles. The van der Waals surface area contributed by atoms with Crippen molar-refractivity contribution in [3.05, 3.63) is 36.0 Å². The zero-order valence-electron chi connectivity index (χ0n) is 11.2. The Morgan fingerprint density at radius 2 is 2.42 bits per heavy atom. The molecule has 2 heterocycles. The Hall–Kier alpha value is -1.75. The molecule has 1 aliphatic carbocycles. The number of aromatic nitrogens is 4. The van der Waals surface area contributed by atoms with Gasteiger partial charge >= 0.3 is 0 Å². The van der Waals surface area contributed by atoms with Crippen molar-refractivity contribution >= 4 is 0 Å². The van der Waals surface area contributed by atoms with Crippen LogP contribution in [0.2, 0.25) is 0 Å². The number of nitrogens with zero attached hydrogens (tertiary/aromatic N) is 4. The predicted molar refractivity (Wildman–Crippen MR) is 73.1 cm³/mol. The van der Waals surface area contributed by atoms with Gasteiger partial charge < -0.3 is 5.32 Å². The Kier molecular flexibility index (Phi) is 3.55. The smallest absolute Gasteiger partial charge is 0.156 e. The van der Waals surface area contributed by atoms with Gasteiger partial charge in [-0.25, -0.2) is 14.6 Å². The van der Waals surface area contributed by atoms with Crippen molar-refractivity contribution in [3.63, 3.8) is 0 Å². The van der Waals surface area contributed by atoms with Crippen LogP contribution in [0.3, 0.4) is 0 Å². The fourth-order valence-corrected chi connectivity index (χ4v) is 2.69. The maximum Gasteiger partial charge on any atom is 0.156 e. The highest BCUT2D eigenvalue weighted by Crippen LogP contribution is 2.30. The lowest BCUT2D eigenvalue weighted by atomic mass is 9.93. The van der Waals surface area contributed by atoms with Crippen molar-refractivity contribution in [1.82, 2.24) is 25.1 Å². The second kappa shape index (κ2) is 5.48. The minimum Gasteiger partial charge on any atom is -0.310 e. The van der Waals surface area contributed by atoms with Crippen LogP contribution in [0, 0.1) is 0 Å². The zero-order valence-corrected chi connectivity index (χ0v) is 11.2. The lowest BCUT2D eigenvalue weighted by Gasteiger charge is -2.24. The van der Waals surface area contributed by atoms with Gasteiger partial charge in [-0.2, -0.15) is 5.10 Å². The molecule has 0 spiro atoms. The second-order valence-electron chi connectivity index (χ2n) is 4.92. The number of hydrogen-bond acceptors (Lipinski definition) is 4. The van der Waals surface area contributed by atoms with Gasteiger partial charge in [0.05, 0.1) is 11.9 Å². The summed E-state index contributed by atoms with van der Waals surface area (Å²) in [6.45, 7) is 3.25. The molecule has 1 aliphatic rings. The lowest BCUT2D eigenvalue weighted by Crippen LogP contribution is -2.26.